The fourth-order valence-electron chi connectivity index (χ4n) is 2.00. The van der Waals surface area contributed by atoms with Gasteiger partial charge in [-0.1, -0.05) is 27.5 Å². The molecule has 2 aromatic carbocycles. The molecule has 0 saturated carbocycles. The van der Waals surface area contributed by atoms with E-state index in [9.17, 15) is 14.3 Å². The molecular weight excluding hydrogens is 363 g/mol. The number of fused-ring (bicyclic) bond motifs is 1. The third kappa shape index (κ3) is 2.43. The van der Waals surface area contributed by atoms with E-state index < -0.39 is 5.82 Å². The molecule has 0 aliphatic rings. The summed E-state index contributed by atoms with van der Waals surface area (Å²) in [7, 11) is 0. The van der Waals surface area contributed by atoms with Crippen molar-refractivity contribution in [2.75, 3.05) is 0 Å². The van der Waals surface area contributed by atoms with Crippen molar-refractivity contribution in [3.8, 4) is 17.1 Å². The Kier molecular flexibility index (Phi) is 3.47. The van der Waals surface area contributed by atoms with Crippen LogP contribution in [0.2, 0.25) is 5.02 Å². The van der Waals surface area contributed by atoms with Crippen LogP contribution in [-0.2, 0) is 0 Å². The van der Waals surface area contributed by atoms with Crippen LogP contribution in [-0.4, -0.2) is 5.11 Å². The zero-order valence-corrected chi connectivity index (χ0v) is 12.7. The van der Waals surface area contributed by atoms with Gasteiger partial charge < -0.3 is 9.52 Å². The van der Waals surface area contributed by atoms with Crippen molar-refractivity contribution in [2.45, 2.75) is 0 Å². The largest absolute Gasteiger partial charge is 0.507 e. The summed E-state index contributed by atoms with van der Waals surface area (Å²) in [4.78, 5) is 12.1. The molecule has 1 aromatic heterocycles. The Bertz CT molecular complexity index is 921. The summed E-state index contributed by atoms with van der Waals surface area (Å²) in [5, 5.41) is 9.80. The van der Waals surface area contributed by atoms with E-state index in [0.29, 0.717) is 10.0 Å². The van der Waals surface area contributed by atoms with Crippen LogP contribution in [0.1, 0.15) is 0 Å². The molecule has 0 aliphatic heterocycles. The maximum absolute atomic E-state index is 13.5. The Morgan fingerprint density at radius 1 is 1.19 bits per heavy atom. The number of halogens is 3. The molecular formula is C15H7BrClFO3. The third-order valence-corrected chi connectivity index (χ3v) is 3.86. The number of hydrogen-bond acceptors (Lipinski definition) is 3. The summed E-state index contributed by atoms with van der Waals surface area (Å²) in [5.41, 5.74) is -0.102. The van der Waals surface area contributed by atoms with Gasteiger partial charge in [-0.05, 0) is 30.3 Å². The second kappa shape index (κ2) is 5.16. The molecule has 0 atom stereocenters. The number of phenolic OH excluding ortho intramolecular Hbond substituents is 1. The van der Waals surface area contributed by atoms with Crippen LogP contribution in [0.5, 0.6) is 5.75 Å². The van der Waals surface area contributed by atoms with Gasteiger partial charge in [-0.3, -0.25) is 4.79 Å². The Hall–Kier alpha value is -1.85. The van der Waals surface area contributed by atoms with Gasteiger partial charge in [-0.15, -0.1) is 0 Å². The van der Waals surface area contributed by atoms with Crippen LogP contribution in [0.3, 0.4) is 0 Å². The molecule has 0 bridgehead atoms. The minimum atomic E-state index is -0.678. The van der Waals surface area contributed by atoms with Gasteiger partial charge in [0.2, 0.25) is 0 Å². The van der Waals surface area contributed by atoms with E-state index in [4.69, 9.17) is 16.0 Å². The van der Waals surface area contributed by atoms with E-state index in [2.05, 4.69) is 15.9 Å². The van der Waals surface area contributed by atoms with E-state index >= 15 is 0 Å². The molecule has 0 saturated heterocycles. The Labute approximate surface area is 131 Å². The van der Waals surface area contributed by atoms with Gasteiger partial charge in [-0.2, -0.15) is 0 Å². The molecule has 0 spiro atoms. The van der Waals surface area contributed by atoms with Gasteiger partial charge in [0.1, 0.15) is 22.3 Å². The maximum Gasteiger partial charge on any atom is 0.193 e. The SMILES string of the molecule is O=c1cc(-c2cc(Br)ccc2O)oc2c(Cl)c(F)ccc12. The predicted molar refractivity (Wildman–Crippen MR) is 82.3 cm³/mol. The maximum atomic E-state index is 13.5. The van der Waals surface area contributed by atoms with Crippen molar-refractivity contribution in [3.05, 3.63) is 61.9 Å². The topological polar surface area (TPSA) is 50.4 Å². The van der Waals surface area contributed by atoms with Crippen molar-refractivity contribution in [1.29, 1.82) is 0 Å². The molecule has 0 amide bonds. The normalized spacial score (nSPS) is 11.0. The minimum absolute atomic E-state index is 0.0430. The number of benzene rings is 2. The fraction of sp³-hybridized carbons (Fsp3) is 0. The number of phenols is 1. The second-order valence-corrected chi connectivity index (χ2v) is 5.67. The van der Waals surface area contributed by atoms with Gasteiger partial charge in [0.15, 0.2) is 11.0 Å². The summed E-state index contributed by atoms with van der Waals surface area (Å²) in [6.45, 7) is 0. The van der Waals surface area contributed by atoms with Crippen LogP contribution in [0, 0.1) is 5.82 Å². The lowest BCUT2D eigenvalue weighted by atomic mass is 10.1. The fourth-order valence-corrected chi connectivity index (χ4v) is 2.56. The van der Waals surface area contributed by atoms with Gasteiger partial charge >= 0.3 is 0 Å². The molecule has 0 aliphatic carbocycles. The molecule has 0 unspecified atom stereocenters. The van der Waals surface area contributed by atoms with Crippen molar-refractivity contribution in [1.82, 2.24) is 0 Å². The van der Waals surface area contributed by atoms with Crippen LogP contribution in [0.4, 0.5) is 4.39 Å². The summed E-state index contributed by atoms with van der Waals surface area (Å²) < 4.78 is 19.7. The quantitative estimate of drug-likeness (QED) is 0.675. The van der Waals surface area contributed by atoms with Gasteiger partial charge in [0.05, 0.1) is 10.9 Å². The monoisotopic (exact) mass is 368 g/mol. The molecule has 3 aromatic rings. The van der Waals surface area contributed by atoms with Gasteiger partial charge in [0.25, 0.3) is 0 Å². The lowest BCUT2D eigenvalue weighted by molar-refractivity contribution is 0.474. The van der Waals surface area contributed by atoms with Crippen molar-refractivity contribution >= 4 is 38.5 Å². The standard InChI is InChI=1S/C15H7BrClFO3/c16-7-1-4-11(19)9(5-7)13-6-12(20)8-2-3-10(18)14(17)15(8)21-13/h1-6,19H. The highest BCUT2D eigenvalue weighted by Crippen LogP contribution is 2.34. The van der Waals surface area contributed by atoms with E-state index in [-0.39, 0.29) is 32.9 Å². The molecule has 21 heavy (non-hydrogen) atoms. The number of rotatable bonds is 1. The lowest BCUT2D eigenvalue weighted by Crippen LogP contribution is -2.01. The van der Waals surface area contributed by atoms with Crippen LogP contribution >= 0.6 is 27.5 Å². The summed E-state index contributed by atoms with van der Waals surface area (Å²) >= 11 is 9.12. The highest BCUT2D eigenvalue weighted by molar-refractivity contribution is 9.10. The van der Waals surface area contributed by atoms with Crippen molar-refractivity contribution in [3.63, 3.8) is 0 Å². The number of hydrogen-bond donors (Lipinski definition) is 1. The summed E-state index contributed by atoms with van der Waals surface area (Å²) in [5.74, 6) is -0.630. The average Bonchev–Trinajstić information content (AvgIpc) is 2.45. The van der Waals surface area contributed by atoms with E-state index in [1.54, 1.807) is 12.1 Å². The summed E-state index contributed by atoms with van der Waals surface area (Å²) in [6.07, 6.45) is 0. The van der Waals surface area contributed by atoms with E-state index in [1.165, 1.54) is 18.2 Å². The molecule has 106 valence electrons. The molecule has 3 nitrogen and oxygen atoms in total. The smallest absolute Gasteiger partial charge is 0.193 e. The summed E-state index contributed by atoms with van der Waals surface area (Å²) in [6, 6.07) is 8.34. The molecule has 1 heterocycles. The average molecular weight is 370 g/mol. The molecule has 6 heteroatoms. The van der Waals surface area contributed by atoms with Crippen LogP contribution in [0.25, 0.3) is 22.3 Å². The molecule has 3 rings (SSSR count). The highest BCUT2D eigenvalue weighted by Gasteiger charge is 2.15. The minimum Gasteiger partial charge on any atom is -0.507 e. The third-order valence-electron chi connectivity index (χ3n) is 3.01. The van der Waals surface area contributed by atoms with Crippen molar-refractivity contribution in [2.24, 2.45) is 0 Å². The van der Waals surface area contributed by atoms with Crippen LogP contribution < -0.4 is 5.43 Å². The zero-order chi connectivity index (χ0) is 15.1. The van der Waals surface area contributed by atoms with Gasteiger partial charge in [0, 0.05) is 10.5 Å². The molecule has 1 N–H and O–H groups in total. The first-order valence-corrected chi connectivity index (χ1v) is 7.05. The molecule has 0 radical (unpaired) electrons. The Morgan fingerprint density at radius 3 is 2.71 bits per heavy atom. The lowest BCUT2D eigenvalue weighted by Gasteiger charge is -2.07. The van der Waals surface area contributed by atoms with Gasteiger partial charge in [-0.25, -0.2) is 4.39 Å². The first-order valence-electron chi connectivity index (χ1n) is 5.88. The first kappa shape index (κ1) is 14.1. The Balaban J connectivity index is 2.37. The highest BCUT2D eigenvalue weighted by atomic mass is 79.9. The predicted octanol–water partition coefficient (Wildman–Crippen LogP) is 4.72. The van der Waals surface area contributed by atoms with E-state index in [0.717, 1.165) is 6.07 Å². The molecule has 0 fully saturated rings. The second-order valence-electron chi connectivity index (χ2n) is 4.37. The van der Waals surface area contributed by atoms with E-state index in [1.807, 2.05) is 0 Å². The Morgan fingerprint density at radius 2 is 1.95 bits per heavy atom. The van der Waals surface area contributed by atoms with Crippen molar-refractivity contribution < 1.29 is 13.9 Å². The first-order chi connectivity index (χ1) is 9.97. The zero-order valence-electron chi connectivity index (χ0n) is 10.4. The van der Waals surface area contributed by atoms with Crippen LogP contribution in [0.15, 0.2) is 50.1 Å². The number of aromatic hydroxyl groups is 1.